The zero-order valence-corrected chi connectivity index (χ0v) is 35.3. The number of aliphatic hydroxyl groups excluding tert-OH is 7. The van der Waals surface area contributed by atoms with Crippen molar-refractivity contribution in [3.8, 4) is 0 Å². The average molecular weight is 790 g/mol. The number of ether oxygens (including phenoxy) is 2. The van der Waals surface area contributed by atoms with Gasteiger partial charge in [-0.1, -0.05) is 188 Å². The van der Waals surface area contributed by atoms with Gasteiger partial charge in [-0.3, -0.25) is 4.79 Å². The number of carbonyl (C=O) groups excluding carboxylic acids is 1. The predicted octanol–water partition coefficient (Wildman–Crippen LogP) is 6.97. The molecule has 1 amide bonds. The van der Waals surface area contributed by atoms with Crippen LogP contribution in [0.25, 0.3) is 0 Å². The highest BCUT2D eigenvalue weighted by molar-refractivity contribution is 5.80. The molecular weight excluding hydrogens is 702 g/mol. The summed E-state index contributed by atoms with van der Waals surface area (Å²) in [5.74, 6) is 0.0578. The molecule has 55 heavy (non-hydrogen) atoms. The van der Waals surface area contributed by atoms with Crippen LogP contribution in [0.2, 0.25) is 0 Å². The van der Waals surface area contributed by atoms with Crippen molar-refractivity contribution in [2.45, 2.75) is 256 Å². The molecule has 0 saturated carbocycles. The summed E-state index contributed by atoms with van der Waals surface area (Å²) in [7, 11) is 0. The molecule has 10 atom stereocenters. The number of unbranched alkanes of at least 4 members (excludes halogenated alkanes) is 22. The summed E-state index contributed by atoms with van der Waals surface area (Å²) in [4.78, 5) is 13.1. The molecule has 0 radical (unpaired) electrons. The third kappa shape index (κ3) is 24.6. The molecule has 0 bridgehead atoms. The van der Waals surface area contributed by atoms with Crippen LogP contribution < -0.4 is 5.32 Å². The van der Waals surface area contributed by atoms with E-state index in [9.17, 15) is 40.5 Å². The van der Waals surface area contributed by atoms with Crippen molar-refractivity contribution in [3.05, 3.63) is 0 Å². The number of hydrogen-bond acceptors (Lipinski definition) is 10. The molecule has 1 heterocycles. The highest BCUT2D eigenvalue weighted by atomic mass is 16.7. The highest BCUT2D eigenvalue weighted by Gasteiger charge is 2.44. The van der Waals surface area contributed by atoms with Gasteiger partial charge in [0.2, 0.25) is 5.91 Å². The van der Waals surface area contributed by atoms with E-state index in [-0.39, 0.29) is 6.42 Å². The lowest BCUT2D eigenvalue weighted by Crippen LogP contribution is -2.60. The Morgan fingerprint density at radius 3 is 1.51 bits per heavy atom. The molecule has 10 unspecified atom stereocenters. The molecule has 11 heteroatoms. The topological polar surface area (TPSA) is 189 Å². The number of carbonyl (C=O) groups is 1. The maximum absolute atomic E-state index is 13.1. The van der Waals surface area contributed by atoms with Crippen molar-refractivity contribution in [1.82, 2.24) is 5.32 Å². The third-order valence-electron chi connectivity index (χ3n) is 11.7. The molecule has 1 aliphatic rings. The van der Waals surface area contributed by atoms with Gasteiger partial charge >= 0.3 is 0 Å². The van der Waals surface area contributed by atoms with E-state index in [4.69, 9.17) is 9.47 Å². The minimum atomic E-state index is -1.66. The Labute approximate surface area is 335 Å². The van der Waals surface area contributed by atoms with Gasteiger partial charge in [0.1, 0.15) is 36.6 Å². The van der Waals surface area contributed by atoms with E-state index in [1.54, 1.807) is 0 Å². The largest absolute Gasteiger partial charge is 0.394 e. The van der Waals surface area contributed by atoms with Gasteiger partial charge < -0.3 is 50.5 Å². The first-order valence-electron chi connectivity index (χ1n) is 22.8. The molecule has 1 saturated heterocycles. The Morgan fingerprint density at radius 2 is 1.05 bits per heavy atom. The molecule has 11 nitrogen and oxygen atoms in total. The summed E-state index contributed by atoms with van der Waals surface area (Å²) in [6.45, 7) is 5.71. The summed E-state index contributed by atoms with van der Waals surface area (Å²) in [5, 5.41) is 75.5. The van der Waals surface area contributed by atoms with Gasteiger partial charge in [0.05, 0.1) is 25.4 Å². The maximum atomic E-state index is 13.1. The second kappa shape index (κ2) is 34.0. The van der Waals surface area contributed by atoms with E-state index in [0.717, 1.165) is 44.4 Å². The Morgan fingerprint density at radius 1 is 0.618 bits per heavy atom. The second-order valence-corrected chi connectivity index (χ2v) is 16.7. The Balaban J connectivity index is 2.42. The van der Waals surface area contributed by atoms with Crippen molar-refractivity contribution in [2.75, 3.05) is 13.2 Å². The normalized spacial score (nSPS) is 23.0. The number of aliphatic hydroxyl groups is 7. The second-order valence-electron chi connectivity index (χ2n) is 16.7. The smallest absolute Gasteiger partial charge is 0.249 e. The fourth-order valence-electron chi connectivity index (χ4n) is 7.48. The lowest BCUT2D eigenvalue weighted by molar-refractivity contribution is -0.303. The number of nitrogens with one attached hydrogen (secondary N) is 1. The molecule has 8 N–H and O–H groups in total. The van der Waals surface area contributed by atoms with Crippen molar-refractivity contribution in [1.29, 1.82) is 0 Å². The molecule has 1 rings (SSSR count). The first-order chi connectivity index (χ1) is 26.6. The van der Waals surface area contributed by atoms with Crippen molar-refractivity contribution in [2.24, 2.45) is 5.92 Å². The van der Waals surface area contributed by atoms with Crippen LogP contribution in [0.4, 0.5) is 0 Å². The molecule has 0 aromatic heterocycles. The van der Waals surface area contributed by atoms with Crippen molar-refractivity contribution >= 4 is 5.91 Å². The van der Waals surface area contributed by atoms with E-state index in [0.29, 0.717) is 19.3 Å². The standard InChI is InChI=1S/C44H87NO10/c1-4-6-7-8-9-10-11-12-13-14-15-16-17-18-19-20-25-28-31-37(48)43(53)45-35(33-54-44-42(52)41(51)40(50)38(32-46)55-44)39(49)36(47)30-27-24-22-21-23-26-29-34(3)5-2/h34-42,44,46-52H,4-33H2,1-3H3,(H,45,53). The van der Waals surface area contributed by atoms with Gasteiger partial charge in [-0.15, -0.1) is 0 Å². The van der Waals surface area contributed by atoms with Crippen molar-refractivity contribution < 1.29 is 50.0 Å². The molecule has 0 aliphatic carbocycles. The van der Waals surface area contributed by atoms with Crippen LogP contribution in [0, 0.1) is 5.92 Å². The quantitative estimate of drug-likeness (QED) is 0.0306. The van der Waals surface area contributed by atoms with Gasteiger partial charge in [0, 0.05) is 0 Å². The van der Waals surface area contributed by atoms with E-state index < -0.39 is 74.2 Å². The van der Waals surface area contributed by atoms with E-state index in [1.165, 1.54) is 116 Å². The Hall–Kier alpha value is -0.890. The van der Waals surface area contributed by atoms with E-state index in [2.05, 4.69) is 26.1 Å². The minimum absolute atomic E-state index is 0.265. The molecule has 328 valence electrons. The zero-order valence-electron chi connectivity index (χ0n) is 35.3. The maximum Gasteiger partial charge on any atom is 0.249 e. The van der Waals surface area contributed by atoms with Gasteiger partial charge in [0.25, 0.3) is 0 Å². The molecule has 0 aromatic rings. The fraction of sp³-hybridized carbons (Fsp3) is 0.977. The Bertz CT molecular complexity index is 882. The molecule has 1 aliphatic heterocycles. The zero-order chi connectivity index (χ0) is 40.7. The van der Waals surface area contributed by atoms with Crippen LogP contribution in [-0.4, -0.2) is 110 Å². The summed E-state index contributed by atoms with van der Waals surface area (Å²) < 4.78 is 11.1. The van der Waals surface area contributed by atoms with Gasteiger partial charge in [0.15, 0.2) is 6.29 Å². The van der Waals surface area contributed by atoms with Gasteiger partial charge in [-0.05, 0) is 18.8 Å². The van der Waals surface area contributed by atoms with Crippen LogP contribution >= 0.6 is 0 Å². The molecular formula is C44H87NO10. The van der Waals surface area contributed by atoms with Crippen LogP contribution in [-0.2, 0) is 14.3 Å². The van der Waals surface area contributed by atoms with E-state index >= 15 is 0 Å². The summed E-state index contributed by atoms with van der Waals surface area (Å²) in [5.41, 5.74) is 0. The first kappa shape index (κ1) is 52.1. The molecule has 0 spiro atoms. The SMILES string of the molecule is CCCCCCCCCCCCCCCCCCCCC(O)C(=O)NC(COC1OC(CO)C(O)C(O)C1O)C(O)C(O)CCCCCCCCC(C)CC. The summed E-state index contributed by atoms with van der Waals surface area (Å²) >= 11 is 0. The average Bonchev–Trinajstić information content (AvgIpc) is 3.18. The molecule has 1 fully saturated rings. The number of amides is 1. The monoisotopic (exact) mass is 790 g/mol. The highest BCUT2D eigenvalue weighted by Crippen LogP contribution is 2.23. The number of rotatable bonds is 37. The predicted molar refractivity (Wildman–Crippen MR) is 219 cm³/mol. The van der Waals surface area contributed by atoms with Gasteiger partial charge in [-0.25, -0.2) is 0 Å². The molecule has 0 aromatic carbocycles. The fourth-order valence-corrected chi connectivity index (χ4v) is 7.48. The van der Waals surface area contributed by atoms with E-state index in [1.807, 2.05) is 0 Å². The van der Waals surface area contributed by atoms with Crippen LogP contribution in [0.15, 0.2) is 0 Å². The minimum Gasteiger partial charge on any atom is -0.394 e. The summed E-state index contributed by atoms with van der Waals surface area (Å²) in [6.07, 6.45) is 20.3. The van der Waals surface area contributed by atoms with Gasteiger partial charge in [-0.2, -0.15) is 0 Å². The van der Waals surface area contributed by atoms with Crippen LogP contribution in [0.5, 0.6) is 0 Å². The Kier molecular flexibility index (Phi) is 32.2. The summed E-state index contributed by atoms with van der Waals surface area (Å²) in [6, 6.07) is -1.16. The third-order valence-corrected chi connectivity index (χ3v) is 11.7. The number of hydrogen-bond donors (Lipinski definition) is 8. The van der Waals surface area contributed by atoms with Crippen molar-refractivity contribution in [3.63, 3.8) is 0 Å². The lowest BCUT2D eigenvalue weighted by atomic mass is 9.97. The lowest BCUT2D eigenvalue weighted by Gasteiger charge is -2.40. The van der Waals surface area contributed by atoms with Crippen LogP contribution in [0.1, 0.15) is 201 Å². The first-order valence-corrected chi connectivity index (χ1v) is 22.8. The van der Waals surface area contributed by atoms with Crippen LogP contribution in [0.3, 0.4) is 0 Å².